The van der Waals surface area contributed by atoms with Gasteiger partial charge in [0.15, 0.2) is 0 Å². The van der Waals surface area contributed by atoms with Crippen molar-refractivity contribution in [1.29, 1.82) is 0 Å². The first-order valence-corrected chi connectivity index (χ1v) is 7.20. The van der Waals surface area contributed by atoms with E-state index in [0.717, 1.165) is 15.1 Å². The molecule has 0 fully saturated rings. The summed E-state index contributed by atoms with van der Waals surface area (Å²) in [5.41, 5.74) is 7.41. The number of pyridine rings is 1. The molecule has 0 bridgehead atoms. The van der Waals surface area contributed by atoms with Crippen LogP contribution in [0.25, 0.3) is 0 Å². The molecule has 0 atom stereocenters. The Balaban J connectivity index is 2.04. The van der Waals surface area contributed by atoms with Gasteiger partial charge in [-0.05, 0) is 46.3 Å². The second-order valence-electron chi connectivity index (χ2n) is 3.82. The van der Waals surface area contributed by atoms with E-state index in [1.54, 1.807) is 23.9 Å². The highest BCUT2D eigenvalue weighted by molar-refractivity contribution is 9.10. The van der Waals surface area contributed by atoms with Crippen LogP contribution in [0.2, 0.25) is 0 Å². The Labute approximate surface area is 123 Å². The van der Waals surface area contributed by atoms with Gasteiger partial charge in [-0.25, -0.2) is 4.79 Å². The highest BCUT2D eigenvalue weighted by Gasteiger charge is 2.05. The minimum atomic E-state index is -0.965. The molecule has 0 spiro atoms. The molecule has 4 nitrogen and oxygen atoms in total. The van der Waals surface area contributed by atoms with E-state index >= 15 is 0 Å². The van der Waals surface area contributed by atoms with Gasteiger partial charge in [0, 0.05) is 27.0 Å². The number of aromatic nitrogens is 1. The fourth-order valence-corrected chi connectivity index (χ4v) is 3.00. The number of rotatable bonds is 4. The largest absolute Gasteiger partial charge is 0.478 e. The van der Waals surface area contributed by atoms with Gasteiger partial charge >= 0.3 is 5.97 Å². The van der Waals surface area contributed by atoms with Crippen LogP contribution >= 0.6 is 27.7 Å². The molecule has 1 aromatic carbocycles. The van der Waals surface area contributed by atoms with Gasteiger partial charge in [-0.2, -0.15) is 0 Å². The number of thioether (sulfide) groups is 1. The molecule has 0 unspecified atom stereocenters. The van der Waals surface area contributed by atoms with Crippen LogP contribution in [0.5, 0.6) is 0 Å². The SMILES string of the molecule is Nc1ccc(SCc2ccc(C(=O)O)cn2)c(Br)c1. The quantitative estimate of drug-likeness (QED) is 0.659. The zero-order chi connectivity index (χ0) is 13.8. The van der Waals surface area contributed by atoms with E-state index in [0.29, 0.717) is 11.4 Å². The number of carboxylic acid groups (broad SMARTS) is 1. The lowest BCUT2D eigenvalue weighted by Crippen LogP contribution is -1.98. The Kier molecular flexibility index (Phi) is 4.44. The predicted molar refractivity (Wildman–Crippen MR) is 79.3 cm³/mol. The van der Waals surface area contributed by atoms with Crippen molar-refractivity contribution >= 4 is 39.3 Å². The van der Waals surface area contributed by atoms with E-state index in [4.69, 9.17) is 10.8 Å². The Bertz CT molecular complexity index is 602. The molecule has 1 aromatic heterocycles. The topological polar surface area (TPSA) is 76.2 Å². The van der Waals surface area contributed by atoms with E-state index in [1.165, 1.54) is 6.20 Å². The zero-order valence-corrected chi connectivity index (χ0v) is 12.2. The van der Waals surface area contributed by atoms with E-state index < -0.39 is 5.97 Å². The lowest BCUT2D eigenvalue weighted by Gasteiger charge is -2.05. The number of hydrogen-bond donors (Lipinski definition) is 2. The Morgan fingerprint density at radius 1 is 1.37 bits per heavy atom. The summed E-state index contributed by atoms with van der Waals surface area (Å²) in [6.45, 7) is 0. The first kappa shape index (κ1) is 13.9. The monoisotopic (exact) mass is 338 g/mol. The van der Waals surface area contributed by atoms with E-state index in [1.807, 2.05) is 18.2 Å². The number of halogens is 1. The summed E-state index contributed by atoms with van der Waals surface area (Å²) in [5.74, 6) is -0.296. The van der Waals surface area contributed by atoms with Crippen LogP contribution in [-0.4, -0.2) is 16.1 Å². The molecule has 19 heavy (non-hydrogen) atoms. The predicted octanol–water partition coefficient (Wildman–Crippen LogP) is 3.42. The molecular weight excluding hydrogens is 328 g/mol. The normalized spacial score (nSPS) is 10.4. The van der Waals surface area contributed by atoms with Gasteiger partial charge in [0.2, 0.25) is 0 Å². The highest BCUT2D eigenvalue weighted by atomic mass is 79.9. The molecule has 3 N–H and O–H groups in total. The maximum Gasteiger partial charge on any atom is 0.337 e. The number of nitrogen functional groups attached to an aromatic ring is 1. The molecule has 0 saturated carbocycles. The second-order valence-corrected chi connectivity index (χ2v) is 5.69. The second kappa shape index (κ2) is 6.08. The van der Waals surface area contributed by atoms with Crippen molar-refractivity contribution < 1.29 is 9.90 Å². The van der Waals surface area contributed by atoms with Crippen LogP contribution < -0.4 is 5.73 Å². The molecular formula is C13H11BrN2O2S. The van der Waals surface area contributed by atoms with Crippen LogP contribution in [0.15, 0.2) is 45.9 Å². The third kappa shape index (κ3) is 3.71. The number of benzene rings is 1. The Hall–Kier alpha value is -1.53. The maximum atomic E-state index is 10.7. The minimum absolute atomic E-state index is 0.197. The van der Waals surface area contributed by atoms with E-state index in [9.17, 15) is 4.79 Å². The van der Waals surface area contributed by atoms with Crippen molar-refractivity contribution in [2.75, 3.05) is 5.73 Å². The van der Waals surface area contributed by atoms with Gasteiger partial charge in [-0.1, -0.05) is 0 Å². The molecule has 1 heterocycles. The number of carboxylic acids is 1. The summed E-state index contributed by atoms with van der Waals surface area (Å²) in [6, 6.07) is 8.91. The summed E-state index contributed by atoms with van der Waals surface area (Å²) < 4.78 is 0.944. The molecule has 0 amide bonds. The van der Waals surface area contributed by atoms with E-state index in [-0.39, 0.29) is 5.56 Å². The molecule has 0 aliphatic heterocycles. The number of nitrogens with two attached hydrogens (primary N) is 1. The smallest absolute Gasteiger partial charge is 0.337 e. The van der Waals surface area contributed by atoms with Gasteiger partial charge in [0.1, 0.15) is 0 Å². The lowest BCUT2D eigenvalue weighted by molar-refractivity contribution is 0.0696. The standard InChI is InChI=1S/C13H11BrN2O2S/c14-11-5-9(15)2-4-12(11)19-7-10-3-1-8(6-16-10)13(17)18/h1-6H,7,15H2,(H,17,18). The highest BCUT2D eigenvalue weighted by Crippen LogP contribution is 2.31. The van der Waals surface area contributed by atoms with Crippen LogP contribution in [0, 0.1) is 0 Å². The van der Waals surface area contributed by atoms with Crippen LogP contribution in [0.1, 0.15) is 16.1 Å². The molecule has 0 aliphatic rings. The van der Waals surface area contributed by atoms with Crippen LogP contribution in [-0.2, 0) is 5.75 Å². The van der Waals surface area contributed by atoms with Crippen LogP contribution in [0.3, 0.4) is 0 Å². The fourth-order valence-electron chi connectivity index (χ4n) is 1.42. The van der Waals surface area contributed by atoms with Crippen molar-refractivity contribution in [3.05, 3.63) is 52.3 Å². The molecule has 6 heteroatoms. The molecule has 0 radical (unpaired) electrons. The first-order chi connectivity index (χ1) is 9.06. The zero-order valence-electron chi connectivity index (χ0n) is 9.84. The van der Waals surface area contributed by atoms with Gasteiger partial charge in [0.25, 0.3) is 0 Å². The van der Waals surface area contributed by atoms with Crippen molar-refractivity contribution in [3.63, 3.8) is 0 Å². The molecule has 98 valence electrons. The van der Waals surface area contributed by atoms with Crippen LogP contribution in [0.4, 0.5) is 5.69 Å². The minimum Gasteiger partial charge on any atom is -0.478 e. The summed E-state index contributed by atoms with van der Waals surface area (Å²) in [4.78, 5) is 15.9. The fraction of sp³-hybridized carbons (Fsp3) is 0.0769. The molecule has 2 aromatic rings. The third-order valence-electron chi connectivity index (χ3n) is 2.40. The van der Waals surface area contributed by atoms with Crippen molar-refractivity contribution in [2.24, 2.45) is 0 Å². The van der Waals surface area contributed by atoms with Gasteiger partial charge in [0.05, 0.1) is 11.3 Å². The number of aromatic carboxylic acids is 1. The molecule has 0 saturated heterocycles. The average Bonchev–Trinajstić information content (AvgIpc) is 2.38. The first-order valence-electron chi connectivity index (χ1n) is 5.42. The average molecular weight is 339 g/mol. The summed E-state index contributed by atoms with van der Waals surface area (Å²) in [7, 11) is 0. The third-order valence-corrected chi connectivity index (χ3v) is 4.43. The molecule has 2 rings (SSSR count). The van der Waals surface area contributed by atoms with Crippen molar-refractivity contribution in [1.82, 2.24) is 4.98 Å². The Morgan fingerprint density at radius 3 is 2.74 bits per heavy atom. The summed E-state index contributed by atoms with van der Waals surface area (Å²) in [6.07, 6.45) is 1.37. The Morgan fingerprint density at radius 2 is 2.16 bits per heavy atom. The van der Waals surface area contributed by atoms with Crippen molar-refractivity contribution in [3.8, 4) is 0 Å². The molecule has 0 aliphatic carbocycles. The number of carbonyl (C=O) groups is 1. The summed E-state index contributed by atoms with van der Waals surface area (Å²) >= 11 is 5.06. The van der Waals surface area contributed by atoms with Gasteiger partial charge in [-0.15, -0.1) is 11.8 Å². The van der Waals surface area contributed by atoms with Gasteiger partial charge in [-0.3, -0.25) is 4.98 Å². The van der Waals surface area contributed by atoms with Crippen molar-refractivity contribution in [2.45, 2.75) is 10.6 Å². The maximum absolute atomic E-state index is 10.7. The number of nitrogens with zero attached hydrogens (tertiary/aromatic N) is 1. The summed E-state index contributed by atoms with van der Waals surface area (Å²) in [5, 5.41) is 8.78. The van der Waals surface area contributed by atoms with E-state index in [2.05, 4.69) is 20.9 Å². The van der Waals surface area contributed by atoms with Gasteiger partial charge < -0.3 is 10.8 Å². The number of anilines is 1. The number of hydrogen-bond acceptors (Lipinski definition) is 4. The lowest BCUT2D eigenvalue weighted by atomic mass is 10.2.